The van der Waals surface area contributed by atoms with Gasteiger partial charge in [-0.1, -0.05) is 15.9 Å². The molecule has 0 atom stereocenters. The van der Waals surface area contributed by atoms with E-state index >= 15 is 0 Å². The van der Waals surface area contributed by atoms with Gasteiger partial charge in [0.2, 0.25) is 0 Å². The van der Waals surface area contributed by atoms with Crippen molar-refractivity contribution in [3.8, 4) is 0 Å². The van der Waals surface area contributed by atoms with Crippen LogP contribution in [-0.4, -0.2) is 15.7 Å². The van der Waals surface area contributed by atoms with Crippen molar-refractivity contribution in [2.75, 3.05) is 0 Å². The van der Waals surface area contributed by atoms with Crippen molar-refractivity contribution in [3.63, 3.8) is 0 Å². The highest BCUT2D eigenvalue weighted by molar-refractivity contribution is 9.10. The quantitative estimate of drug-likeness (QED) is 0.751. The van der Waals surface area contributed by atoms with Crippen molar-refractivity contribution in [1.82, 2.24) is 9.55 Å². The van der Waals surface area contributed by atoms with Crippen LogP contribution in [0.2, 0.25) is 0 Å². The molecule has 0 spiro atoms. The van der Waals surface area contributed by atoms with Crippen LogP contribution in [0.4, 0.5) is 22.0 Å². The molecule has 2 aromatic rings. The molecule has 0 aliphatic rings. The van der Waals surface area contributed by atoms with Gasteiger partial charge < -0.3 is 4.57 Å². The van der Waals surface area contributed by atoms with Gasteiger partial charge in [-0.3, -0.25) is 0 Å². The predicted octanol–water partition coefficient (Wildman–Crippen LogP) is 4.30. The van der Waals surface area contributed by atoms with Crippen molar-refractivity contribution in [2.24, 2.45) is 0 Å². The van der Waals surface area contributed by atoms with Gasteiger partial charge in [0, 0.05) is 4.47 Å². The highest BCUT2D eigenvalue weighted by Gasteiger charge is 2.32. The fraction of sp³-hybridized carbons (Fsp3) is 0.300. The number of imidazole rings is 1. The number of halogens is 6. The minimum absolute atomic E-state index is 0.0332. The Bertz CT molecular complexity index is 575. The molecule has 98 valence electrons. The maximum absolute atomic E-state index is 12.7. The molecular weight excluding hydrogens is 323 g/mol. The molecule has 1 aromatic heterocycles. The maximum Gasteiger partial charge on any atom is 0.406 e. The molecule has 2 nitrogen and oxygen atoms in total. The van der Waals surface area contributed by atoms with E-state index in [1.54, 1.807) is 0 Å². The zero-order chi connectivity index (χ0) is 13.5. The van der Waals surface area contributed by atoms with Crippen LogP contribution in [0.3, 0.4) is 0 Å². The van der Waals surface area contributed by atoms with Crippen molar-refractivity contribution in [2.45, 2.75) is 19.1 Å². The Morgan fingerprint density at radius 2 is 1.94 bits per heavy atom. The summed E-state index contributed by atoms with van der Waals surface area (Å²) in [4.78, 5) is 3.54. The molecule has 2 rings (SSSR count). The summed E-state index contributed by atoms with van der Waals surface area (Å²) < 4.78 is 63.5. The van der Waals surface area contributed by atoms with E-state index in [0.29, 0.717) is 9.04 Å². The van der Waals surface area contributed by atoms with Gasteiger partial charge >= 0.3 is 6.18 Å². The molecule has 0 aliphatic carbocycles. The fourth-order valence-corrected chi connectivity index (χ4v) is 1.98. The summed E-state index contributed by atoms with van der Waals surface area (Å²) in [6.45, 7) is -1.48. The third-order valence-electron chi connectivity index (χ3n) is 2.27. The van der Waals surface area contributed by atoms with Crippen molar-refractivity contribution in [3.05, 3.63) is 28.5 Å². The van der Waals surface area contributed by atoms with Gasteiger partial charge in [0.1, 0.15) is 6.54 Å². The summed E-state index contributed by atoms with van der Waals surface area (Å²) in [5.41, 5.74) is 0.134. The summed E-state index contributed by atoms with van der Waals surface area (Å²) in [7, 11) is 0. The number of aromatic nitrogens is 2. The summed E-state index contributed by atoms with van der Waals surface area (Å²) in [6, 6.07) is 4.20. The largest absolute Gasteiger partial charge is 0.406 e. The van der Waals surface area contributed by atoms with E-state index < -0.39 is 25.0 Å². The third-order valence-corrected chi connectivity index (χ3v) is 2.77. The van der Waals surface area contributed by atoms with Crippen LogP contribution in [0.25, 0.3) is 11.0 Å². The van der Waals surface area contributed by atoms with Crippen LogP contribution in [0.1, 0.15) is 12.2 Å². The second-order valence-electron chi connectivity index (χ2n) is 3.61. The predicted molar refractivity (Wildman–Crippen MR) is 58.4 cm³/mol. The van der Waals surface area contributed by atoms with Gasteiger partial charge in [0.25, 0.3) is 6.43 Å². The Hall–Kier alpha value is -1.18. The average Bonchev–Trinajstić information content (AvgIpc) is 2.54. The normalized spacial score (nSPS) is 12.6. The van der Waals surface area contributed by atoms with Gasteiger partial charge in [-0.05, 0) is 18.2 Å². The lowest BCUT2D eigenvalue weighted by Crippen LogP contribution is -2.19. The summed E-state index contributed by atoms with van der Waals surface area (Å²) in [5.74, 6) is -0.875. The second kappa shape index (κ2) is 4.49. The Morgan fingerprint density at radius 3 is 2.50 bits per heavy atom. The first-order valence-corrected chi connectivity index (χ1v) is 5.58. The minimum Gasteiger partial charge on any atom is -0.314 e. The molecule has 0 aliphatic heterocycles. The van der Waals surface area contributed by atoms with Gasteiger partial charge in [-0.25, -0.2) is 13.8 Å². The zero-order valence-corrected chi connectivity index (χ0v) is 10.3. The van der Waals surface area contributed by atoms with E-state index in [4.69, 9.17) is 0 Å². The Balaban J connectivity index is 2.63. The monoisotopic (exact) mass is 328 g/mol. The van der Waals surface area contributed by atoms with Crippen molar-refractivity contribution in [1.29, 1.82) is 0 Å². The summed E-state index contributed by atoms with van der Waals surface area (Å²) in [6.07, 6.45) is -7.64. The minimum atomic E-state index is -4.58. The lowest BCUT2D eigenvalue weighted by Gasteiger charge is -2.11. The molecule has 1 heterocycles. The van der Waals surface area contributed by atoms with E-state index in [1.807, 2.05) is 0 Å². The van der Waals surface area contributed by atoms with Gasteiger partial charge in [0.05, 0.1) is 11.0 Å². The maximum atomic E-state index is 12.7. The van der Waals surface area contributed by atoms with Crippen LogP contribution >= 0.6 is 15.9 Å². The third kappa shape index (κ3) is 2.63. The SMILES string of the molecule is FC(F)c1nc2cc(Br)ccc2n1CC(F)(F)F. The number of fused-ring (bicyclic) bond motifs is 1. The first-order chi connectivity index (χ1) is 8.28. The molecule has 18 heavy (non-hydrogen) atoms. The Kier molecular flexibility index (Phi) is 3.31. The number of hydrogen-bond donors (Lipinski definition) is 0. The molecule has 8 heteroatoms. The molecule has 0 saturated heterocycles. The topological polar surface area (TPSA) is 17.8 Å². The van der Waals surface area contributed by atoms with Crippen LogP contribution in [0.5, 0.6) is 0 Å². The van der Waals surface area contributed by atoms with E-state index in [1.165, 1.54) is 18.2 Å². The van der Waals surface area contributed by atoms with Crippen LogP contribution < -0.4 is 0 Å². The molecule has 0 saturated carbocycles. The highest BCUT2D eigenvalue weighted by Crippen LogP contribution is 2.29. The first-order valence-electron chi connectivity index (χ1n) is 4.78. The molecule has 0 radical (unpaired) electrons. The van der Waals surface area contributed by atoms with E-state index in [9.17, 15) is 22.0 Å². The number of nitrogens with zero attached hydrogens (tertiary/aromatic N) is 2. The number of benzene rings is 1. The van der Waals surface area contributed by atoms with Crippen molar-refractivity contribution >= 4 is 27.0 Å². The molecule has 0 unspecified atom stereocenters. The van der Waals surface area contributed by atoms with Crippen LogP contribution in [0.15, 0.2) is 22.7 Å². The molecule has 1 aromatic carbocycles. The summed E-state index contributed by atoms with van der Waals surface area (Å²) >= 11 is 3.11. The molecular formula is C10H6BrF5N2. The zero-order valence-electron chi connectivity index (χ0n) is 8.68. The van der Waals surface area contributed by atoms with Crippen molar-refractivity contribution < 1.29 is 22.0 Å². The fourth-order valence-electron chi connectivity index (χ4n) is 1.63. The van der Waals surface area contributed by atoms with Gasteiger partial charge in [-0.2, -0.15) is 13.2 Å². The van der Waals surface area contributed by atoms with Crippen LogP contribution in [-0.2, 0) is 6.54 Å². The Morgan fingerprint density at radius 1 is 1.28 bits per heavy atom. The second-order valence-corrected chi connectivity index (χ2v) is 4.52. The van der Waals surface area contributed by atoms with E-state index in [2.05, 4.69) is 20.9 Å². The van der Waals surface area contributed by atoms with Gasteiger partial charge in [0.15, 0.2) is 5.82 Å². The smallest absolute Gasteiger partial charge is 0.314 e. The molecule has 0 N–H and O–H groups in total. The standard InChI is InChI=1S/C10H6BrF5N2/c11-5-1-2-7-6(3-5)17-9(8(12)13)18(7)4-10(14,15)16/h1-3,8H,4H2. The highest BCUT2D eigenvalue weighted by atomic mass is 79.9. The van der Waals surface area contributed by atoms with Gasteiger partial charge in [-0.15, -0.1) is 0 Å². The number of rotatable bonds is 2. The molecule has 0 fully saturated rings. The summed E-state index contributed by atoms with van der Waals surface area (Å²) in [5, 5.41) is 0. The average molecular weight is 329 g/mol. The first kappa shape index (κ1) is 13.3. The number of alkyl halides is 5. The molecule has 0 bridgehead atoms. The lowest BCUT2D eigenvalue weighted by molar-refractivity contribution is -0.141. The van der Waals surface area contributed by atoms with E-state index in [0.717, 1.165) is 0 Å². The lowest BCUT2D eigenvalue weighted by atomic mass is 10.3. The Labute approximate surface area is 107 Å². The van der Waals surface area contributed by atoms with Crippen LogP contribution in [0, 0.1) is 0 Å². The van der Waals surface area contributed by atoms with E-state index in [-0.39, 0.29) is 11.0 Å². The number of hydrogen-bond acceptors (Lipinski definition) is 1. The molecule has 0 amide bonds.